The minimum Gasteiger partial charge on any atom is -0.493 e. The molecule has 0 atom stereocenters. The Hall–Kier alpha value is -1.71. The second kappa shape index (κ2) is 11.9. The van der Waals surface area contributed by atoms with E-state index in [4.69, 9.17) is 14.6 Å². The van der Waals surface area contributed by atoms with Gasteiger partial charge in [-0.3, -0.25) is 4.79 Å². The SMILES string of the molecule is COc1ccccc1OCCCCCCCCCCC(=O)O. The van der Waals surface area contributed by atoms with Crippen LogP contribution in [0, 0.1) is 0 Å². The predicted molar refractivity (Wildman–Crippen MR) is 87.7 cm³/mol. The van der Waals surface area contributed by atoms with Gasteiger partial charge in [-0.15, -0.1) is 0 Å². The molecule has 0 spiro atoms. The van der Waals surface area contributed by atoms with Crippen LogP contribution in [0.3, 0.4) is 0 Å². The molecule has 0 saturated heterocycles. The summed E-state index contributed by atoms with van der Waals surface area (Å²) in [7, 11) is 1.65. The van der Waals surface area contributed by atoms with Gasteiger partial charge < -0.3 is 14.6 Å². The van der Waals surface area contributed by atoms with Gasteiger partial charge >= 0.3 is 5.97 Å². The molecule has 0 aromatic heterocycles. The number of rotatable bonds is 13. The number of carboxylic acid groups (broad SMARTS) is 1. The van der Waals surface area contributed by atoms with Crippen molar-refractivity contribution in [3.8, 4) is 11.5 Å². The van der Waals surface area contributed by atoms with E-state index in [9.17, 15) is 4.79 Å². The highest BCUT2D eigenvalue weighted by Crippen LogP contribution is 2.25. The largest absolute Gasteiger partial charge is 0.493 e. The number of carbonyl (C=O) groups is 1. The highest BCUT2D eigenvalue weighted by Gasteiger charge is 2.01. The molecule has 0 unspecified atom stereocenters. The Morgan fingerprint density at radius 1 is 0.909 bits per heavy atom. The van der Waals surface area contributed by atoms with Crippen molar-refractivity contribution in [2.45, 2.75) is 57.8 Å². The molecule has 1 N–H and O–H groups in total. The Morgan fingerprint density at radius 3 is 2.05 bits per heavy atom. The number of ether oxygens (including phenoxy) is 2. The summed E-state index contributed by atoms with van der Waals surface area (Å²) in [6.45, 7) is 0.721. The number of aliphatic carboxylic acids is 1. The van der Waals surface area contributed by atoms with Crippen LogP contribution < -0.4 is 9.47 Å². The van der Waals surface area contributed by atoms with E-state index in [1.165, 1.54) is 25.7 Å². The van der Waals surface area contributed by atoms with Crippen LogP contribution in [0.2, 0.25) is 0 Å². The summed E-state index contributed by atoms with van der Waals surface area (Å²) >= 11 is 0. The standard InChI is InChI=1S/C18H28O4/c1-21-16-12-9-10-13-17(16)22-15-11-7-5-3-2-4-6-8-14-18(19)20/h9-10,12-13H,2-8,11,14-15H2,1H3,(H,19,20). The van der Waals surface area contributed by atoms with Crippen molar-refractivity contribution in [3.63, 3.8) is 0 Å². The molecule has 1 aromatic carbocycles. The Bertz CT molecular complexity index is 417. The fourth-order valence-electron chi connectivity index (χ4n) is 2.36. The van der Waals surface area contributed by atoms with E-state index >= 15 is 0 Å². The molecule has 4 nitrogen and oxygen atoms in total. The fourth-order valence-corrected chi connectivity index (χ4v) is 2.36. The molecule has 0 aliphatic carbocycles. The minimum atomic E-state index is -0.685. The molecule has 1 rings (SSSR count). The van der Waals surface area contributed by atoms with Crippen LogP contribution in [0.5, 0.6) is 11.5 Å². The highest BCUT2D eigenvalue weighted by atomic mass is 16.5. The van der Waals surface area contributed by atoms with Crippen molar-refractivity contribution >= 4 is 5.97 Å². The van der Waals surface area contributed by atoms with Gasteiger partial charge in [0.15, 0.2) is 11.5 Å². The lowest BCUT2D eigenvalue weighted by Gasteiger charge is -2.10. The quantitative estimate of drug-likeness (QED) is 0.538. The van der Waals surface area contributed by atoms with E-state index < -0.39 is 5.97 Å². The monoisotopic (exact) mass is 308 g/mol. The molecule has 124 valence electrons. The molecule has 1 aromatic rings. The average Bonchev–Trinajstić information content (AvgIpc) is 2.52. The van der Waals surface area contributed by atoms with E-state index in [-0.39, 0.29) is 0 Å². The van der Waals surface area contributed by atoms with Gasteiger partial charge in [0.05, 0.1) is 13.7 Å². The third-order valence-corrected chi connectivity index (χ3v) is 3.61. The van der Waals surface area contributed by atoms with Crippen molar-refractivity contribution in [2.75, 3.05) is 13.7 Å². The minimum absolute atomic E-state index is 0.306. The van der Waals surface area contributed by atoms with Gasteiger partial charge in [0.1, 0.15) is 0 Å². The molecule has 0 amide bonds. The van der Waals surface area contributed by atoms with Crippen LogP contribution >= 0.6 is 0 Å². The fraction of sp³-hybridized carbons (Fsp3) is 0.611. The lowest BCUT2D eigenvalue weighted by Crippen LogP contribution is -1.99. The molecule has 0 aliphatic heterocycles. The van der Waals surface area contributed by atoms with E-state index in [1.54, 1.807) is 7.11 Å². The zero-order chi connectivity index (χ0) is 16.0. The number of methoxy groups -OCH3 is 1. The predicted octanol–water partition coefficient (Wildman–Crippen LogP) is 4.67. The lowest BCUT2D eigenvalue weighted by atomic mass is 10.1. The second-order valence-corrected chi connectivity index (χ2v) is 5.47. The molecule has 0 bridgehead atoms. The van der Waals surface area contributed by atoms with Crippen molar-refractivity contribution in [3.05, 3.63) is 24.3 Å². The summed E-state index contributed by atoms with van der Waals surface area (Å²) in [6, 6.07) is 7.71. The number of unbranched alkanes of at least 4 members (excludes halogenated alkanes) is 7. The maximum absolute atomic E-state index is 10.4. The van der Waals surface area contributed by atoms with Crippen LogP contribution in [0.15, 0.2) is 24.3 Å². The van der Waals surface area contributed by atoms with Gasteiger partial charge in [-0.1, -0.05) is 50.7 Å². The van der Waals surface area contributed by atoms with Gasteiger partial charge in [0.25, 0.3) is 0 Å². The summed E-state index contributed by atoms with van der Waals surface area (Å²) < 4.78 is 11.0. The molecular weight excluding hydrogens is 280 g/mol. The number of hydrogen-bond donors (Lipinski definition) is 1. The molecule has 0 radical (unpaired) electrons. The normalized spacial score (nSPS) is 10.4. The Morgan fingerprint density at radius 2 is 1.45 bits per heavy atom. The van der Waals surface area contributed by atoms with Gasteiger partial charge in [-0.2, -0.15) is 0 Å². The molecule has 0 heterocycles. The zero-order valence-electron chi connectivity index (χ0n) is 13.6. The number of benzene rings is 1. The number of para-hydroxylation sites is 2. The summed E-state index contributed by atoms with van der Waals surface area (Å²) in [4.78, 5) is 10.4. The first-order chi connectivity index (χ1) is 10.7. The Balaban J connectivity index is 1.92. The van der Waals surface area contributed by atoms with Gasteiger partial charge in [-0.05, 0) is 25.0 Å². The van der Waals surface area contributed by atoms with E-state index in [2.05, 4.69) is 0 Å². The maximum atomic E-state index is 10.4. The maximum Gasteiger partial charge on any atom is 0.303 e. The van der Waals surface area contributed by atoms with Crippen LogP contribution in [0.25, 0.3) is 0 Å². The highest BCUT2D eigenvalue weighted by molar-refractivity contribution is 5.66. The molecule has 0 aliphatic rings. The Labute approximate surface area is 133 Å². The van der Waals surface area contributed by atoms with Gasteiger partial charge in [-0.25, -0.2) is 0 Å². The van der Waals surface area contributed by atoms with Crippen LogP contribution in [-0.2, 0) is 4.79 Å². The van der Waals surface area contributed by atoms with Crippen molar-refractivity contribution in [1.29, 1.82) is 0 Å². The topological polar surface area (TPSA) is 55.8 Å². The van der Waals surface area contributed by atoms with Gasteiger partial charge in [0, 0.05) is 6.42 Å². The van der Waals surface area contributed by atoms with Crippen molar-refractivity contribution in [1.82, 2.24) is 0 Å². The molecular formula is C18H28O4. The van der Waals surface area contributed by atoms with E-state index in [1.807, 2.05) is 24.3 Å². The molecule has 4 heteroatoms. The first kappa shape index (κ1) is 18.3. The van der Waals surface area contributed by atoms with Crippen molar-refractivity contribution < 1.29 is 19.4 Å². The number of carboxylic acids is 1. The summed E-state index contributed by atoms with van der Waals surface area (Å²) in [5, 5.41) is 8.53. The van der Waals surface area contributed by atoms with Crippen LogP contribution in [0.4, 0.5) is 0 Å². The first-order valence-electron chi connectivity index (χ1n) is 8.21. The molecule has 0 fully saturated rings. The smallest absolute Gasteiger partial charge is 0.303 e. The Kier molecular flexibility index (Phi) is 9.92. The van der Waals surface area contributed by atoms with E-state index in [0.29, 0.717) is 6.42 Å². The average molecular weight is 308 g/mol. The van der Waals surface area contributed by atoms with Gasteiger partial charge in [0.2, 0.25) is 0 Å². The first-order valence-corrected chi connectivity index (χ1v) is 8.21. The van der Waals surface area contributed by atoms with Crippen LogP contribution in [-0.4, -0.2) is 24.8 Å². The summed E-state index contributed by atoms with van der Waals surface area (Å²) in [5.74, 6) is 0.905. The lowest BCUT2D eigenvalue weighted by molar-refractivity contribution is -0.137. The molecule has 22 heavy (non-hydrogen) atoms. The second-order valence-electron chi connectivity index (χ2n) is 5.47. The third-order valence-electron chi connectivity index (χ3n) is 3.61. The number of hydrogen-bond acceptors (Lipinski definition) is 3. The zero-order valence-corrected chi connectivity index (χ0v) is 13.6. The molecule has 0 saturated carbocycles. The van der Waals surface area contributed by atoms with Crippen LogP contribution in [0.1, 0.15) is 57.8 Å². The summed E-state index contributed by atoms with van der Waals surface area (Å²) in [6.07, 6.45) is 9.15. The summed E-state index contributed by atoms with van der Waals surface area (Å²) in [5.41, 5.74) is 0. The van der Waals surface area contributed by atoms with E-state index in [0.717, 1.165) is 43.8 Å². The third kappa shape index (κ3) is 8.55. The van der Waals surface area contributed by atoms with Crippen molar-refractivity contribution in [2.24, 2.45) is 0 Å².